The average molecular weight is 350 g/mol. The van der Waals surface area contributed by atoms with Crippen molar-refractivity contribution in [3.05, 3.63) is 42.5 Å². The standard InChI is InChI=1S/C19H22N6O/c1-26-16-5-3-2-4-15(16)23-10-12-24(13-11-23)18-19-22-21-17(14-6-7-14)25(19)9-8-20-18/h2-5,8-9,14H,6-7,10-13H2,1H3. The molecule has 26 heavy (non-hydrogen) atoms. The Morgan fingerprint density at radius 2 is 1.77 bits per heavy atom. The highest BCUT2D eigenvalue weighted by molar-refractivity contribution is 5.65. The molecule has 134 valence electrons. The van der Waals surface area contributed by atoms with Crippen molar-refractivity contribution in [2.24, 2.45) is 0 Å². The molecule has 2 fully saturated rings. The summed E-state index contributed by atoms with van der Waals surface area (Å²) in [5, 5.41) is 8.85. The van der Waals surface area contributed by atoms with Gasteiger partial charge in [-0.05, 0) is 25.0 Å². The second-order valence-corrected chi connectivity index (χ2v) is 6.92. The van der Waals surface area contributed by atoms with Gasteiger partial charge in [-0.15, -0.1) is 10.2 Å². The third kappa shape index (κ3) is 2.55. The van der Waals surface area contributed by atoms with Crippen molar-refractivity contribution in [3.63, 3.8) is 0 Å². The highest BCUT2D eigenvalue weighted by Gasteiger charge is 2.30. The van der Waals surface area contributed by atoms with Crippen molar-refractivity contribution in [2.45, 2.75) is 18.8 Å². The van der Waals surface area contributed by atoms with E-state index in [0.717, 1.165) is 54.9 Å². The van der Waals surface area contributed by atoms with Gasteiger partial charge < -0.3 is 14.5 Å². The van der Waals surface area contributed by atoms with Gasteiger partial charge in [0.25, 0.3) is 0 Å². The summed E-state index contributed by atoms with van der Waals surface area (Å²) in [6.45, 7) is 3.64. The van der Waals surface area contributed by atoms with E-state index in [1.165, 1.54) is 12.8 Å². The van der Waals surface area contributed by atoms with Gasteiger partial charge in [0.1, 0.15) is 11.6 Å². The van der Waals surface area contributed by atoms with Crippen LogP contribution in [0.4, 0.5) is 11.5 Å². The molecule has 0 bridgehead atoms. The van der Waals surface area contributed by atoms with Crippen molar-refractivity contribution < 1.29 is 4.74 Å². The zero-order chi connectivity index (χ0) is 17.5. The molecule has 2 aliphatic rings. The molecule has 0 atom stereocenters. The molecule has 0 unspecified atom stereocenters. The number of ether oxygens (including phenoxy) is 1. The minimum atomic E-state index is 0.572. The molecule has 7 heteroatoms. The molecule has 1 aliphatic carbocycles. The predicted octanol–water partition coefficient (Wildman–Crippen LogP) is 2.34. The van der Waals surface area contributed by atoms with Gasteiger partial charge in [0.15, 0.2) is 5.82 Å². The molecule has 0 radical (unpaired) electrons. The molecular formula is C19H22N6O. The van der Waals surface area contributed by atoms with E-state index in [2.05, 4.69) is 41.5 Å². The summed E-state index contributed by atoms with van der Waals surface area (Å²) in [5.74, 6) is 3.51. The number of piperazine rings is 1. The zero-order valence-corrected chi connectivity index (χ0v) is 14.9. The van der Waals surface area contributed by atoms with Crippen LogP contribution in [0.25, 0.3) is 5.65 Å². The first-order chi connectivity index (χ1) is 12.8. The molecule has 3 heterocycles. The smallest absolute Gasteiger partial charge is 0.203 e. The minimum absolute atomic E-state index is 0.572. The van der Waals surface area contributed by atoms with Crippen LogP contribution in [0.5, 0.6) is 5.75 Å². The maximum Gasteiger partial charge on any atom is 0.203 e. The fourth-order valence-electron chi connectivity index (χ4n) is 3.72. The van der Waals surface area contributed by atoms with Crippen LogP contribution in [0.1, 0.15) is 24.6 Å². The number of anilines is 2. The number of para-hydroxylation sites is 2. The largest absolute Gasteiger partial charge is 0.495 e. The maximum absolute atomic E-state index is 5.51. The maximum atomic E-state index is 5.51. The Morgan fingerprint density at radius 1 is 1.00 bits per heavy atom. The van der Waals surface area contributed by atoms with Crippen LogP contribution >= 0.6 is 0 Å². The molecule has 7 nitrogen and oxygen atoms in total. The number of rotatable bonds is 4. The van der Waals surface area contributed by atoms with Gasteiger partial charge in [-0.25, -0.2) is 4.98 Å². The topological polar surface area (TPSA) is 58.8 Å². The van der Waals surface area contributed by atoms with Gasteiger partial charge in [0, 0.05) is 44.5 Å². The Hall–Kier alpha value is -2.83. The molecule has 2 aromatic heterocycles. The highest BCUT2D eigenvalue weighted by Crippen LogP contribution is 2.39. The zero-order valence-electron chi connectivity index (χ0n) is 14.9. The summed E-state index contributed by atoms with van der Waals surface area (Å²) < 4.78 is 7.63. The number of methoxy groups -OCH3 is 1. The monoisotopic (exact) mass is 350 g/mol. The van der Waals surface area contributed by atoms with Crippen LogP contribution in [0.3, 0.4) is 0 Å². The third-order valence-corrected chi connectivity index (χ3v) is 5.28. The Labute approximate surface area is 152 Å². The SMILES string of the molecule is COc1ccccc1N1CCN(c2nccn3c(C4CC4)nnc23)CC1. The fourth-order valence-corrected chi connectivity index (χ4v) is 3.72. The Kier molecular flexibility index (Phi) is 3.65. The number of hydrogen-bond acceptors (Lipinski definition) is 6. The first-order valence-electron chi connectivity index (χ1n) is 9.17. The lowest BCUT2D eigenvalue weighted by Crippen LogP contribution is -2.47. The van der Waals surface area contributed by atoms with E-state index in [9.17, 15) is 0 Å². The van der Waals surface area contributed by atoms with E-state index in [0.29, 0.717) is 5.92 Å². The summed E-state index contributed by atoms with van der Waals surface area (Å²) in [5.41, 5.74) is 2.03. The fraction of sp³-hybridized carbons (Fsp3) is 0.421. The van der Waals surface area contributed by atoms with Crippen LogP contribution < -0.4 is 14.5 Å². The summed E-state index contributed by atoms with van der Waals surface area (Å²) in [6.07, 6.45) is 6.29. The van der Waals surface area contributed by atoms with Crippen molar-refractivity contribution in [2.75, 3.05) is 43.1 Å². The lowest BCUT2D eigenvalue weighted by Gasteiger charge is -2.37. The molecule has 0 N–H and O–H groups in total. The van der Waals surface area contributed by atoms with Crippen LogP contribution in [0.2, 0.25) is 0 Å². The van der Waals surface area contributed by atoms with E-state index >= 15 is 0 Å². The number of fused-ring (bicyclic) bond motifs is 1. The molecule has 0 amide bonds. The number of hydrogen-bond donors (Lipinski definition) is 0. The number of aromatic nitrogens is 4. The first-order valence-corrected chi connectivity index (χ1v) is 9.17. The second-order valence-electron chi connectivity index (χ2n) is 6.92. The minimum Gasteiger partial charge on any atom is -0.495 e. The van der Waals surface area contributed by atoms with Gasteiger partial charge in [-0.3, -0.25) is 4.40 Å². The summed E-state index contributed by atoms with van der Waals surface area (Å²) >= 11 is 0. The van der Waals surface area contributed by atoms with E-state index in [-0.39, 0.29) is 0 Å². The van der Waals surface area contributed by atoms with E-state index < -0.39 is 0 Å². The highest BCUT2D eigenvalue weighted by atomic mass is 16.5. The number of nitrogens with zero attached hydrogens (tertiary/aromatic N) is 6. The molecular weight excluding hydrogens is 328 g/mol. The van der Waals surface area contributed by atoms with E-state index in [1.807, 2.05) is 24.5 Å². The van der Waals surface area contributed by atoms with Crippen molar-refractivity contribution >= 4 is 17.2 Å². The van der Waals surface area contributed by atoms with Crippen molar-refractivity contribution in [1.29, 1.82) is 0 Å². The van der Waals surface area contributed by atoms with E-state index in [1.54, 1.807) is 7.11 Å². The van der Waals surface area contributed by atoms with E-state index in [4.69, 9.17) is 4.74 Å². The van der Waals surface area contributed by atoms with Crippen LogP contribution in [0.15, 0.2) is 36.7 Å². The van der Waals surface area contributed by atoms with Gasteiger partial charge in [0.05, 0.1) is 12.8 Å². The second kappa shape index (κ2) is 6.16. The van der Waals surface area contributed by atoms with Crippen LogP contribution in [-0.2, 0) is 0 Å². The van der Waals surface area contributed by atoms with Gasteiger partial charge in [0.2, 0.25) is 5.65 Å². The van der Waals surface area contributed by atoms with Gasteiger partial charge >= 0.3 is 0 Å². The third-order valence-electron chi connectivity index (χ3n) is 5.28. The van der Waals surface area contributed by atoms with Gasteiger partial charge in [-0.1, -0.05) is 12.1 Å². The molecule has 1 saturated heterocycles. The molecule has 1 aromatic carbocycles. The molecule has 0 spiro atoms. The first kappa shape index (κ1) is 15.4. The summed E-state index contributed by atoms with van der Waals surface area (Å²) in [4.78, 5) is 9.30. The summed E-state index contributed by atoms with van der Waals surface area (Å²) in [7, 11) is 1.72. The normalized spacial score (nSPS) is 17.7. The molecule has 1 aliphatic heterocycles. The lowest BCUT2D eigenvalue weighted by atomic mass is 10.2. The van der Waals surface area contributed by atoms with Crippen LogP contribution in [-0.4, -0.2) is 52.9 Å². The Balaban J connectivity index is 1.38. The van der Waals surface area contributed by atoms with Crippen molar-refractivity contribution in [3.8, 4) is 5.75 Å². The molecule has 5 rings (SSSR count). The van der Waals surface area contributed by atoms with Crippen molar-refractivity contribution in [1.82, 2.24) is 19.6 Å². The lowest BCUT2D eigenvalue weighted by molar-refractivity contribution is 0.413. The average Bonchev–Trinajstić information content (AvgIpc) is 3.46. The Morgan fingerprint density at radius 3 is 2.54 bits per heavy atom. The summed E-state index contributed by atoms with van der Waals surface area (Å²) in [6, 6.07) is 8.20. The van der Waals surface area contributed by atoms with Crippen LogP contribution in [0, 0.1) is 0 Å². The predicted molar refractivity (Wildman–Crippen MR) is 100 cm³/mol. The quantitative estimate of drug-likeness (QED) is 0.720. The molecule has 1 saturated carbocycles. The van der Waals surface area contributed by atoms with Gasteiger partial charge in [-0.2, -0.15) is 0 Å². The molecule has 3 aromatic rings. The Bertz CT molecular complexity index is 927. The number of benzene rings is 1.